The zero-order valence-corrected chi connectivity index (χ0v) is 17.1. The fourth-order valence-electron chi connectivity index (χ4n) is 3.81. The van der Waals surface area contributed by atoms with Crippen molar-refractivity contribution in [1.82, 2.24) is 19.9 Å². The second-order valence-electron chi connectivity index (χ2n) is 7.89. The normalized spacial score (nSPS) is 17.0. The molecule has 0 bridgehead atoms. The van der Waals surface area contributed by atoms with Crippen molar-refractivity contribution in [3.8, 4) is 0 Å². The molecule has 2 amide bonds. The average Bonchev–Trinajstić information content (AvgIpc) is 2.98. The molecule has 0 saturated carbocycles. The van der Waals surface area contributed by atoms with Crippen LogP contribution in [-0.2, 0) is 15.2 Å². The molecular weight excluding hydrogens is 388 g/mol. The Labute approximate surface area is 173 Å². The number of fused-ring (bicyclic) bond motifs is 2. The first-order chi connectivity index (χ1) is 14.3. The van der Waals surface area contributed by atoms with Crippen LogP contribution in [0.15, 0.2) is 23.3 Å². The van der Waals surface area contributed by atoms with E-state index in [0.29, 0.717) is 54.6 Å². The lowest BCUT2D eigenvalue weighted by molar-refractivity contribution is -0.118. The topological polar surface area (TPSA) is 127 Å². The van der Waals surface area contributed by atoms with Crippen molar-refractivity contribution in [3.05, 3.63) is 40.1 Å². The summed E-state index contributed by atoms with van der Waals surface area (Å²) in [5.41, 5.74) is 0.257. The van der Waals surface area contributed by atoms with Crippen LogP contribution in [0.2, 0.25) is 0 Å². The van der Waals surface area contributed by atoms with Crippen molar-refractivity contribution in [1.29, 1.82) is 0 Å². The van der Waals surface area contributed by atoms with Gasteiger partial charge in [-0.25, -0.2) is 9.97 Å². The maximum absolute atomic E-state index is 13.3. The first-order valence-electron chi connectivity index (χ1n) is 9.88. The Balaban J connectivity index is 1.70. The summed E-state index contributed by atoms with van der Waals surface area (Å²) in [6.07, 6.45) is 2.35. The lowest BCUT2D eigenvalue weighted by Crippen LogP contribution is -2.51. The summed E-state index contributed by atoms with van der Waals surface area (Å²) >= 11 is 0. The number of hydrogen-bond donors (Lipinski definition) is 3. The van der Waals surface area contributed by atoms with Gasteiger partial charge in [-0.3, -0.25) is 19.0 Å². The fraction of sp³-hybridized carbons (Fsp3) is 0.450. The third kappa shape index (κ3) is 3.43. The standard InChI is InChI=1S/C20H24N6O4/c1-11(2)17(27)24-15-9-14(21-10-22-15)23-13-8-12(3)16-18(28)25-20(26(16)19(13)29)4-6-30-7-5-20/h8-11H,4-7H2,1-3H3,(H,25,28)(H2,21,22,23,24,27). The number of nitrogens with zero attached hydrogens (tertiary/aromatic N) is 3. The van der Waals surface area contributed by atoms with E-state index in [1.165, 1.54) is 6.33 Å². The Bertz CT molecular complexity index is 1070. The minimum atomic E-state index is -0.772. The second kappa shape index (κ2) is 7.52. The molecular formula is C20H24N6O4. The molecule has 1 saturated heterocycles. The third-order valence-electron chi connectivity index (χ3n) is 5.41. The van der Waals surface area contributed by atoms with Crippen LogP contribution in [0.4, 0.5) is 17.3 Å². The summed E-state index contributed by atoms with van der Waals surface area (Å²) < 4.78 is 6.98. The maximum atomic E-state index is 13.3. The summed E-state index contributed by atoms with van der Waals surface area (Å²) in [7, 11) is 0. The highest BCUT2D eigenvalue weighted by atomic mass is 16.5. The van der Waals surface area contributed by atoms with E-state index in [1.54, 1.807) is 37.5 Å². The van der Waals surface area contributed by atoms with Crippen LogP contribution in [0.3, 0.4) is 0 Å². The van der Waals surface area contributed by atoms with E-state index in [9.17, 15) is 14.4 Å². The van der Waals surface area contributed by atoms with E-state index in [4.69, 9.17) is 4.74 Å². The van der Waals surface area contributed by atoms with Crippen LogP contribution in [-0.4, -0.2) is 39.6 Å². The molecule has 158 valence electrons. The Kier molecular flexibility index (Phi) is 5.02. The van der Waals surface area contributed by atoms with Crippen LogP contribution in [0.5, 0.6) is 0 Å². The Hall–Kier alpha value is -3.27. The highest BCUT2D eigenvalue weighted by Crippen LogP contribution is 2.33. The summed E-state index contributed by atoms with van der Waals surface area (Å²) in [5, 5.41) is 8.71. The molecule has 1 spiro atoms. The maximum Gasteiger partial charge on any atom is 0.276 e. The number of carbonyl (C=O) groups excluding carboxylic acids is 2. The van der Waals surface area contributed by atoms with Gasteiger partial charge in [0.25, 0.3) is 11.5 Å². The largest absolute Gasteiger partial charge is 0.381 e. The molecule has 2 aliphatic heterocycles. The van der Waals surface area contributed by atoms with Crippen molar-refractivity contribution >= 4 is 29.1 Å². The van der Waals surface area contributed by atoms with Gasteiger partial charge in [-0.1, -0.05) is 13.8 Å². The predicted molar refractivity (Wildman–Crippen MR) is 110 cm³/mol. The van der Waals surface area contributed by atoms with Crippen LogP contribution < -0.4 is 21.5 Å². The van der Waals surface area contributed by atoms with E-state index in [1.807, 2.05) is 0 Å². The summed E-state index contributed by atoms with van der Waals surface area (Å²) in [6, 6.07) is 3.20. The number of pyridine rings is 1. The van der Waals surface area contributed by atoms with Crippen LogP contribution >= 0.6 is 0 Å². The monoisotopic (exact) mass is 412 g/mol. The summed E-state index contributed by atoms with van der Waals surface area (Å²) in [5.74, 6) is 0.0836. The average molecular weight is 412 g/mol. The quantitative estimate of drug-likeness (QED) is 0.694. The summed E-state index contributed by atoms with van der Waals surface area (Å²) in [4.78, 5) is 46.0. The van der Waals surface area contributed by atoms with Gasteiger partial charge in [0, 0.05) is 24.8 Å². The first-order valence-corrected chi connectivity index (χ1v) is 9.88. The number of aromatic nitrogens is 3. The van der Waals surface area contributed by atoms with Crippen LogP contribution in [0.25, 0.3) is 0 Å². The molecule has 3 N–H and O–H groups in total. The smallest absolute Gasteiger partial charge is 0.276 e. The Morgan fingerprint density at radius 1 is 1.20 bits per heavy atom. The van der Waals surface area contributed by atoms with Crippen molar-refractivity contribution in [3.63, 3.8) is 0 Å². The SMILES string of the molecule is Cc1cc(Nc2cc(NC(=O)C(C)C)ncn2)c(=O)n2c1C(=O)NC21CCOCC1. The number of amides is 2. The van der Waals surface area contributed by atoms with Gasteiger partial charge in [0.15, 0.2) is 0 Å². The van der Waals surface area contributed by atoms with Crippen LogP contribution in [0, 0.1) is 12.8 Å². The molecule has 10 heteroatoms. The zero-order valence-electron chi connectivity index (χ0n) is 17.1. The van der Waals surface area contributed by atoms with Gasteiger partial charge in [-0.15, -0.1) is 0 Å². The molecule has 4 heterocycles. The van der Waals surface area contributed by atoms with E-state index in [-0.39, 0.29) is 23.3 Å². The molecule has 0 radical (unpaired) electrons. The Morgan fingerprint density at radius 3 is 2.60 bits per heavy atom. The molecule has 2 aliphatic rings. The molecule has 0 aliphatic carbocycles. The van der Waals surface area contributed by atoms with E-state index < -0.39 is 5.66 Å². The lowest BCUT2D eigenvalue weighted by Gasteiger charge is -2.35. The van der Waals surface area contributed by atoms with Gasteiger partial charge in [0.2, 0.25) is 5.91 Å². The molecule has 0 atom stereocenters. The molecule has 4 rings (SSSR count). The molecule has 30 heavy (non-hydrogen) atoms. The number of ether oxygens (including phenoxy) is 1. The van der Waals surface area contributed by atoms with Gasteiger partial charge < -0.3 is 20.7 Å². The minimum Gasteiger partial charge on any atom is -0.381 e. The highest BCUT2D eigenvalue weighted by Gasteiger charge is 2.45. The van der Waals surface area contributed by atoms with Crippen molar-refractivity contribution in [2.24, 2.45) is 5.92 Å². The molecule has 2 aromatic rings. The Morgan fingerprint density at radius 2 is 1.90 bits per heavy atom. The van der Waals surface area contributed by atoms with Gasteiger partial charge in [0.05, 0.1) is 13.2 Å². The van der Waals surface area contributed by atoms with E-state index in [0.717, 1.165) is 0 Å². The van der Waals surface area contributed by atoms with E-state index in [2.05, 4.69) is 25.9 Å². The number of anilines is 3. The molecule has 2 aromatic heterocycles. The fourth-order valence-corrected chi connectivity index (χ4v) is 3.81. The lowest BCUT2D eigenvalue weighted by atomic mass is 10.0. The number of carbonyl (C=O) groups is 2. The zero-order chi connectivity index (χ0) is 21.5. The number of aryl methyl sites for hydroxylation is 1. The van der Waals surface area contributed by atoms with E-state index >= 15 is 0 Å². The molecule has 0 unspecified atom stereocenters. The van der Waals surface area contributed by atoms with Crippen LogP contribution in [0.1, 0.15) is 42.7 Å². The highest BCUT2D eigenvalue weighted by molar-refractivity contribution is 5.97. The van der Waals surface area contributed by atoms with Crippen molar-refractivity contribution in [2.45, 2.75) is 39.3 Å². The second-order valence-corrected chi connectivity index (χ2v) is 7.89. The van der Waals surface area contributed by atoms with Gasteiger partial charge >= 0.3 is 0 Å². The molecule has 1 fully saturated rings. The molecule has 0 aromatic carbocycles. The molecule has 10 nitrogen and oxygen atoms in total. The van der Waals surface area contributed by atoms with Gasteiger partial charge in [-0.05, 0) is 18.6 Å². The minimum absolute atomic E-state index is 0.167. The number of hydrogen-bond acceptors (Lipinski definition) is 7. The third-order valence-corrected chi connectivity index (χ3v) is 5.41. The predicted octanol–water partition coefficient (Wildman–Crippen LogP) is 1.49. The van der Waals surface area contributed by atoms with Crippen molar-refractivity contribution < 1.29 is 14.3 Å². The first kappa shape index (κ1) is 20.0. The number of nitrogens with one attached hydrogen (secondary N) is 3. The van der Waals surface area contributed by atoms with Crippen molar-refractivity contribution in [2.75, 3.05) is 23.8 Å². The summed E-state index contributed by atoms with van der Waals surface area (Å²) in [6.45, 7) is 6.29. The number of rotatable bonds is 4. The van der Waals surface area contributed by atoms with Gasteiger partial charge in [-0.2, -0.15) is 0 Å². The van der Waals surface area contributed by atoms with Gasteiger partial charge in [0.1, 0.15) is 35.0 Å².